The first-order valence-electron chi connectivity index (χ1n) is 8.96. The Hall–Kier alpha value is -3.29. The number of benzene rings is 1. The Morgan fingerprint density at radius 2 is 2.00 bits per heavy atom. The van der Waals surface area contributed by atoms with E-state index in [1.165, 1.54) is 4.90 Å². The van der Waals surface area contributed by atoms with Gasteiger partial charge in [0.25, 0.3) is 5.91 Å². The fraction of sp³-hybridized carbons (Fsp3) is 0.350. The number of rotatable bonds is 7. The van der Waals surface area contributed by atoms with E-state index < -0.39 is 5.92 Å². The van der Waals surface area contributed by atoms with E-state index in [1.54, 1.807) is 61.7 Å². The molecule has 148 valence electrons. The largest absolute Gasteiger partial charge is 0.484 e. The van der Waals surface area contributed by atoms with Crippen molar-refractivity contribution >= 4 is 23.4 Å². The van der Waals surface area contributed by atoms with E-state index in [9.17, 15) is 14.4 Å². The summed E-state index contributed by atoms with van der Waals surface area (Å²) in [5.74, 6) is 0.419. The fourth-order valence-corrected chi connectivity index (χ4v) is 2.84. The molecule has 1 atom stereocenters. The van der Waals surface area contributed by atoms with Crippen LogP contribution in [0.1, 0.15) is 12.2 Å². The molecule has 8 heteroatoms. The van der Waals surface area contributed by atoms with Crippen LogP contribution in [-0.2, 0) is 20.9 Å². The van der Waals surface area contributed by atoms with Crippen LogP contribution in [0.5, 0.6) is 5.75 Å². The van der Waals surface area contributed by atoms with Gasteiger partial charge < -0.3 is 24.3 Å². The Morgan fingerprint density at radius 3 is 2.64 bits per heavy atom. The highest BCUT2D eigenvalue weighted by Crippen LogP contribution is 2.23. The molecule has 28 heavy (non-hydrogen) atoms. The minimum Gasteiger partial charge on any atom is -0.484 e. The van der Waals surface area contributed by atoms with E-state index in [0.29, 0.717) is 30.3 Å². The van der Waals surface area contributed by atoms with Crippen molar-refractivity contribution in [1.29, 1.82) is 0 Å². The number of hydrogen-bond acceptors (Lipinski definition) is 5. The molecule has 1 fully saturated rings. The lowest BCUT2D eigenvalue weighted by Crippen LogP contribution is -2.28. The van der Waals surface area contributed by atoms with Gasteiger partial charge in [0.15, 0.2) is 6.61 Å². The third-order valence-electron chi connectivity index (χ3n) is 4.50. The molecular formula is C20H23N3O5. The van der Waals surface area contributed by atoms with Gasteiger partial charge in [-0.1, -0.05) is 0 Å². The number of carbonyl (C=O) groups is 3. The molecule has 1 aliphatic heterocycles. The minimum absolute atomic E-state index is 0.0472. The average Bonchev–Trinajstić information content (AvgIpc) is 3.31. The monoisotopic (exact) mass is 385 g/mol. The number of anilines is 1. The lowest BCUT2D eigenvalue weighted by Gasteiger charge is -2.15. The predicted octanol–water partition coefficient (Wildman–Crippen LogP) is 1.73. The van der Waals surface area contributed by atoms with Crippen LogP contribution in [0.25, 0.3) is 0 Å². The van der Waals surface area contributed by atoms with E-state index in [0.717, 1.165) is 0 Å². The smallest absolute Gasteiger partial charge is 0.259 e. The molecule has 3 rings (SSSR count). The topological polar surface area (TPSA) is 92.1 Å². The first-order chi connectivity index (χ1) is 13.4. The maximum Gasteiger partial charge on any atom is 0.259 e. The normalized spacial score (nSPS) is 16.1. The highest BCUT2D eigenvalue weighted by atomic mass is 16.5. The number of carbonyl (C=O) groups excluding carboxylic acids is 3. The number of amides is 3. The fourth-order valence-electron chi connectivity index (χ4n) is 2.84. The van der Waals surface area contributed by atoms with Gasteiger partial charge in [-0.15, -0.1) is 0 Å². The standard InChI is InChI=1S/C20H23N3O5/c1-22(2)19(25)13-28-16-7-5-15(6-8-16)21-20(26)14-10-18(24)23(11-14)12-17-4-3-9-27-17/h3-9,14H,10-13H2,1-2H3,(H,21,26). The second-order valence-corrected chi connectivity index (χ2v) is 6.85. The lowest BCUT2D eigenvalue weighted by molar-refractivity contribution is -0.131. The summed E-state index contributed by atoms with van der Waals surface area (Å²) in [6, 6.07) is 10.3. The summed E-state index contributed by atoms with van der Waals surface area (Å²) >= 11 is 0. The van der Waals surface area contributed by atoms with Crippen molar-refractivity contribution < 1.29 is 23.5 Å². The van der Waals surface area contributed by atoms with Crippen LogP contribution in [0.4, 0.5) is 5.69 Å². The van der Waals surface area contributed by atoms with Crippen LogP contribution in [0.2, 0.25) is 0 Å². The van der Waals surface area contributed by atoms with Gasteiger partial charge in [0.05, 0.1) is 18.7 Å². The predicted molar refractivity (Wildman–Crippen MR) is 101 cm³/mol. The quantitative estimate of drug-likeness (QED) is 0.784. The Bertz CT molecular complexity index is 830. The first kappa shape index (κ1) is 19.5. The average molecular weight is 385 g/mol. The molecule has 0 spiro atoms. The number of likely N-dealkylation sites (N-methyl/N-ethyl adjacent to an activating group) is 1. The molecule has 2 heterocycles. The van der Waals surface area contributed by atoms with E-state index in [4.69, 9.17) is 9.15 Å². The van der Waals surface area contributed by atoms with Crippen molar-refractivity contribution in [2.24, 2.45) is 5.92 Å². The SMILES string of the molecule is CN(C)C(=O)COc1ccc(NC(=O)C2CC(=O)N(Cc3ccco3)C2)cc1. The molecule has 3 amide bonds. The van der Waals surface area contributed by atoms with Crippen molar-refractivity contribution in [3.63, 3.8) is 0 Å². The second kappa shape index (κ2) is 8.60. The molecule has 0 radical (unpaired) electrons. The molecule has 0 aliphatic carbocycles. The second-order valence-electron chi connectivity index (χ2n) is 6.85. The number of likely N-dealkylation sites (tertiary alicyclic amines) is 1. The molecule has 0 bridgehead atoms. The minimum atomic E-state index is -0.406. The number of ether oxygens (including phenoxy) is 1. The van der Waals surface area contributed by atoms with Crippen molar-refractivity contribution in [2.75, 3.05) is 32.6 Å². The number of hydrogen-bond donors (Lipinski definition) is 1. The lowest BCUT2D eigenvalue weighted by atomic mass is 10.1. The summed E-state index contributed by atoms with van der Waals surface area (Å²) in [4.78, 5) is 39.2. The van der Waals surface area contributed by atoms with Crippen molar-refractivity contribution in [3.8, 4) is 5.75 Å². The summed E-state index contributed by atoms with van der Waals surface area (Å²) < 4.78 is 10.7. The summed E-state index contributed by atoms with van der Waals surface area (Å²) in [6.45, 7) is 0.681. The zero-order chi connectivity index (χ0) is 20.1. The Kier molecular flexibility index (Phi) is 5.98. The van der Waals surface area contributed by atoms with Gasteiger partial charge in [-0.05, 0) is 36.4 Å². The molecule has 1 aromatic heterocycles. The molecule has 1 aromatic carbocycles. The van der Waals surface area contributed by atoms with E-state index >= 15 is 0 Å². The van der Waals surface area contributed by atoms with Crippen LogP contribution in [0.3, 0.4) is 0 Å². The van der Waals surface area contributed by atoms with Crippen LogP contribution < -0.4 is 10.1 Å². The van der Waals surface area contributed by atoms with Gasteiger partial charge >= 0.3 is 0 Å². The molecule has 1 aliphatic rings. The molecule has 1 saturated heterocycles. The molecule has 1 N–H and O–H groups in total. The molecule has 2 aromatic rings. The Balaban J connectivity index is 1.50. The van der Waals surface area contributed by atoms with Gasteiger partial charge in [-0.25, -0.2) is 0 Å². The zero-order valence-corrected chi connectivity index (χ0v) is 15.9. The van der Waals surface area contributed by atoms with E-state index in [1.807, 2.05) is 0 Å². The van der Waals surface area contributed by atoms with Crippen molar-refractivity contribution in [1.82, 2.24) is 9.80 Å². The highest BCUT2D eigenvalue weighted by molar-refractivity contribution is 5.97. The van der Waals surface area contributed by atoms with Crippen molar-refractivity contribution in [3.05, 3.63) is 48.4 Å². The summed E-state index contributed by atoms with van der Waals surface area (Å²) in [5, 5.41) is 2.82. The van der Waals surface area contributed by atoms with Crippen molar-refractivity contribution in [2.45, 2.75) is 13.0 Å². The number of nitrogens with one attached hydrogen (secondary N) is 1. The summed E-state index contributed by atoms with van der Waals surface area (Å²) in [7, 11) is 3.32. The first-order valence-corrected chi connectivity index (χ1v) is 8.96. The van der Waals surface area contributed by atoms with Gasteiger partial charge in [0.2, 0.25) is 11.8 Å². The Morgan fingerprint density at radius 1 is 1.25 bits per heavy atom. The number of nitrogens with zero attached hydrogens (tertiary/aromatic N) is 2. The van der Waals surface area contributed by atoms with Gasteiger partial charge in [0.1, 0.15) is 11.5 Å². The maximum atomic E-state index is 12.5. The molecule has 0 saturated carbocycles. The van der Waals surface area contributed by atoms with Crippen LogP contribution >= 0.6 is 0 Å². The molecular weight excluding hydrogens is 362 g/mol. The molecule has 8 nitrogen and oxygen atoms in total. The zero-order valence-electron chi connectivity index (χ0n) is 15.9. The van der Waals surface area contributed by atoms with Crippen LogP contribution in [0, 0.1) is 5.92 Å². The Labute approximate surface area is 163 Å². The summed E-state index contributed by atoms with van der Waals surface area (Å²) in [5.41, 5.74) is 0.605. The van der Waals surface area contributed by atoms with E-state index in [2.05, 4.69) is 5.32 Å². The third kappa shape index (κ3) is 4.91. The van der Waals surface area contributed by atoms with Gasteiger partial charge in [0, 0.05) is 32.7 Å². The number of furan rings is 1. The highest BCUT2D eigenvalue weighted by Gasteiger charge is 2.34. The van der Waals surface area contributed by atoms with Crippen LogP contribution in [0.15, 0.2) is 47.1 Å². The summed E-state index contributed by atoms with van der Waals surface area (Å²) in [6.07, 6.45) is 1.74. The third-order valence-corrected chi connectivity index (χ3v) is 4.50. The van der Waals surface area contributed by atoms with Gasteiger partial charge in [-0.2, -0.15) is 0 Å². The molecule has 1 unspecified atom stereocenters. The van der Waals surface area contributed by atoms with Crippen LogP contribution in [-0.4, -0.2) is 54.8 Å². The maximum absolute atomic E-state index is 12.5. The van der Waals surface area contributed by atoms with E-state index in [-0.39, 0.29) is 30.7 Å². The van der Waals surface area contributed by atoms with Gasteiger partial charge in [-0.3, -0.25) is 14.4 Å².